The fourth-order valence-electron chi connectivity index (χ4n) is 6.70. The monoisotopic (exact) mass is 926 g/mol. The summed E-state index contributed by atoms with van der Waals surface area (Å²) in [5.41, 5.74) is 26.8. The number of benzene rings is 2. The van der Waals surface area contributed by atoms with Crippen LogP contribution >= 0.6 is 35.6 Å². The van der Waals surface area contributed by atoms with Gasteiger partial charge in [-0.2, -0.15) is 10.2 Å². The van der Waals surface area contributed by atoms with Gasteiger partial charge in [-0.3, -0.25) is 24.1 Å². The summed E-state index contributed by atoms with van der Waals surface area (Å²) >= 11 is 12.0. The molecule has 6 aromatic heterocycles. The Kier molecular flexibility index (Phi) is 18.7. The molecule has 1 amide bonds. The highest BCUT2D eigenvalue weighted by atomic mass is 35.5. The second kappa shape index (κ2) is 23.2. The average molecular weight is 928 g/mol. The number of aromatic nitrogens is 8. The number of amides is 1. The molecule has 6 heterocycles. The third kappa shape index (κ3) is 13.0. The van der Waals surface area contributed by atoms with Crippen LogP contribution in [0.25, 0.3) is 21.8 Å². The van der Waals surface area contributed by atoms with E-state index in [1.807, 2.05) is 68.8 Å². The Bertz CT molecular complexity index is 2840. The number of hydrogen-bond donors (Lipinski definition) is 5. The minimum Gasteiger partial charge on any atom is -0.478 e. The molecule has 8 rings (SSSR count). The van der Waals surface area contributed by atoms with Gasteiger partial charge in [0.2, 0.25) is 0 Å². The van der Waals surface area contributed by atoms with Gasteiger partial charge >= 0.3 is 5.97 Å². The molecular formula is C46H53Cl3N12O3. The Morgan fingerprint density at radius 2 is 1.12 bits per heavy atom. The maximum Gasteiger partial charge on any atom is 0.335 e. The van der Waals surface area contributed by atoms with Crippen molar-refractivity contribution >= 4 is 80.9 Å². The van der Waals surface area contributed by atoms with Gasteiger partial charge in [0, 0.05) is 63.3 Å². The molecule has 0 aliphatic rings. The van der Waals surface area contributed by atoms with E-state index in [9.17, 15) is 9.59 Å². The Morgan fingerprint density at radius 3 is 1.58 bits per heavy atom. The molecule has 18 heteroatoms. The Hall–Kier alpha value is -6.65. The van der Waals surface area contributed by atoms with E-state index in [4.69, 9.17) is 45.5 Å². The average Bonchev–Trinajstić information content (AvgIpc) is 3.80. The van der Waals surface area contributed by atoms with Crippen molar-refractivity contribution in [1.29, 1.82) is 0 Å². The van der Waals surface area contributed by atoms with E-state index in [0.717, 1.165) is 61.1 Å². The zero-order valence-corrected chi connectivity index (χ0v) is 36.6. The van der Waals surface area contributed by atoms with Crippen LogP contribution < -0.4 is 22.5 Å². The fourth-order valence-corrected chi connectivity index (χ4v) is 7.06. The van der Waals surface area contributed by atoms with E-state index in [1.54, 1.807) is 53.6 Å². The molecule has 2 aromatic carbocycles. The molecular weight excluding hydrogens is 875 g/mol. The van der Waals surface area contributed by atoms with Crippen molar-refractivity contribution in [2.24, 2.45) is 5.73 Å². The van der Waals surface area contributed by atoms with Crippen LogP contribution in [-0.2, 0) is 26.2 Å². The lowest BCUT2D eigenvalue weighted by Gasteiger charge is -2.12. The summed E-state index contributed by atoms with van der Waals surface area (Å²) in [7, 11) is 0. The zero-order chi connectivity index (χ0) is 43.8. The van der Waals surface area contributed by atoms with Crippen molar-refractivity contribution in [2.45, 2.75) is 68.7 Å². The summed E-state index contributed by atoms with van der Waals surface area (Å²) in [5, 5.41) is 23.8. The number of fused-ring (bicyclic) bond motifs is 2. The normalized spacial score (nSPS) is 10.3. The first-order valence-electron chi connectivity index (χ1n) is 19.0. The third-order valence-electron chi connectivity index (χ3n) is 9.75. The van der Waals surface area contributed by atoms with Crippen LogP contribution in [0.1, 0.15) is 80.6 Å². The van der Waals surface area contributed by atoms with Crippen LogP contribution in [0.2, 0.25) is 10.0 Å². The molecule has 0 unspecified atom stereocenters. The van der Waals surface area contributed by atoms with E-state index >= 15 is 0 Å². The maximum atomic E-state index is 12.7. The molecule has 0 fully saturated rings. The predicted molar refractivity (Wildman–Crippen MR) is 259 cm³/mol. The lowest BCUT2D eigenvalue weighted by Crippen LogP contribution is -2.24. The molecule has 336 valence electrons. The van der Waals surface area contributed by atoms with Gasteiger partial charge in [-0.25, -0.2) is 14.8 Å². The second-order valence-corrected chi connectivity index (χ2v) is 15.0. The Labute approximate surface area is 388 Å². The number of nitrogens with one attached hydrogen (secondary N) is 1. The number of carboxylic acid groups (broad SMARTS) is 1. The van der Waals surface area contributed by atoms with E-state index < -0.39 is 5.97 Å². The van der Waals surface area contributed by atoms with E-state index in [1.165, 1.54) is 12.3 Å². The quantitative estimate of drug-likeness (QED) is 0.0913. The number of aryl methyl sites for hydroxylation is 4. The number of rotatable bonds is 9. The van der Waals surface area contributed by atoms with Crippen LogP contribution in [0.5, 0.6) is 0 Å². The summed E-state index contributed by atoms with van der Waals surface area (Å²) in [5.74, 6) is -0.0957. The van der Waals surface area contributed by atoms with Crippen molar-refractivity contribution in [1.82, 2.24) is 44.8 Å². The van der Waals surface area contributed by atoms with Gasteiger partial charge in [-0.15, -0.1) is 12.4 Å². The smallest absolute Gasteiger partial charge is 0.335 e. The molecule has 0 saturated carbocycles. The third-order valence-corrected chi connectivity index (χ3v) is 10.2. The number of nitrogens with zero attached hydrogens (tertiary/aromatic N) is 8. The second-order valence-electron chi connectivity index (χ2n) is 14.1. The molecule has 15 nitrogen and oxygen atoms in total. The molecule has 8 N–H and O–H groups in total. The van der Waals surface area contributed by atoms with Crippen molar-refractivity contribution in [3.05, 3.63) is 164 Å². The fraction of sp³-hybridized carbons (Fsp3) is 0.217. The summed E-state index contributed by atoms with van der Waals surface area (Å²) in [6.45, 7) is 9.53. The van der Waals surface area contributed by atoms with Crippen molar-refractivity contribution in [2.75, 3.05) is 11.5 Å². The van der Waals surface area contributed by atoms with Gasteiger partial charge in [0.1, 0.15) is 11.6 Å². The summed E-state index contributed by atoms with van der Waals surface area (Å²) < 4.78 is 3.60. The van der Waals surface area contributed by atoms with Gasteiger partial charge in [0.15, 0.2) is 0 Å². The minimum atomic E-state index is -0.967. The van der Waals surface area contributed by atoms with Gasteiger partial charge in [0.05, 0.1) is 53.5 Å². The van der Waals surface area contributed by atoms with Gasteiger partial charge < -0.3 is 27.6 Å². The lowest BCUT2D eigenvalue weighted by atomic mass is 10.1. The zero-order valence-electron chi connectivity index (χ0n) is 34.3. The molecule has 0 atom stereocenters. The van der Waals surface area contributed by atoms with E-state index in [2.05, 4.69) is 35.5 Å². The van der Waals surface area contributed by atoms with Crippen LogP contribution in [-0.4, -0.2) is 56.5 Å². The number of halogens is 3. The highest BCUT2D eigenvalue weighted by molar-refractivity contribution is 6.31. The number of carbonyl (C=O) groups excluding carboxylic acids is 1. The first-order chi connectivity index (χ1) is 29.2. The first-order valence-corrected chi connectivity index (χ1v) is 19.7. The predicted octanol–water partition coefficient (Wildman–Crippen LogP) is 8.92. The number of aromatic carboxylic acids is 1. The van der Waals surface area contributed by atoms with E-state index in [0.29, 0.717) is 59.1 Å². The molecule has 0 bridgehead atoms. The Morgan fingerprint density at radius 1 is 0.672 bits per heavy atom. The number of nitrogen functional groups attached to an aromatic ring is 2. The maximum absolute atomic E-state index is 12.7. The highest BCUT2D eigenvalue weighted by Crippen LogP contribution is 2.22. The number of hydrogen-bond acceptors (Lipinski definition) is 11. The Balaban J connectivity index is 0.000000277. The van der Waals surface area contributed by atoms with Crippen molar-refractivity contribution in [3.63, 3.8) is 0 Å². The number of carboxylic acids is 1. The molecule has 0 aliphatic heterocycles. The van der Waals surface area contributed by atoms with Crippen molar-refractivity contribution < 1.29 is 14.7 Å². The van der Waals surface area contributed by atoms with E-state index in [-0.39, 0.29) is 38.7 Å². The van der Waals surface area contributed by atoms with Crippen molar-refractivity contribution in [3.8, 4) is 0 Å². The van der Waals surface area contributed by atoms with Gasteiger partial charge in [-0.05, 0) is 123 Å². The molecule has 8 aromatic rings. The number of anilines is 2. The lowest BCUT2D eigenvalue weighted by molar-refractivity contribution is 0.0696. The van der Waals surface area contributed by atoms with Crippen LogP contribution in [0.3, 0.4) is 0 Å². The largest absolute Gasteiger partial charge is 0.478 e. The topological polar surface area (TPSA) is 232 Å². The minimum absolute atomic E-state index is 0. The van der Waals surface area contributed by atoms with Crippen LogP contribution in [0, 0.1) is 27.7 Å². The molecule has 0 spiro atoms. The standard InChI is InChI=1S/C22H21ClN6O.C14H10ClN3O2.C8H13N3.2CH4.ClH/c1-13-7-21(24)28-14(2)19(13)11-26-22(30)15-5-6-25-18(9-15)12-29-20-4-3-17(23)8-16(20)10-27-29;15-11-1-2-13-10(5-11)7-17-18(13)8-12-6-9(14(19)20)3-4-16-12;1-5-3-8(10)11-6(2)7(5)4-9;;;/h3-10H,11-12H2,1-2H3,(H2,24,28)(H,26,30);1-7H,8H2,(H,19,20);3H,4,9H2,1-2H3,(H2,10,11);2*1H4;1H. The molecule has 0 saturated heterocycles. The van der Waals surface area contributed by atoms with Crippen LogP contribution in [0.4, 0.5) is 11.6 Å². The highest BCUT2D eigenvalue weighted by Gasteiger charge is 2.13. The van der Waals surface area contributed by atoms with Crippen LogP contribution in [0.15, 0.2) is 97.6 Å². The molecule has 0 radical (unpaired) electrons. The van der Waals surface area contributed by atoms with Gasteiger partial charge in [0.25, 0.3) is 5.91 Å². The summed E-state index contributed by atoms with van der Waals surface area (Å²) in [6, 6.07) is 21.3. The molecule has 0 aliphatic carbocycles. The SMILES string of the molecule is C.C.Cc1cc(N)nc(C)c1CN.Cc1cc(N)nc(C)c1CNC(=O)c1ccnc(Cn2ncc3cc(Cl)ccc32)c1.Cl.O=C(O)c1ccnc(Cn2ncc3cc(Cl)ccc32)c1. The number of carbonyl (C=O) groups is 2. The first kappa shape index (κ1) is 51.7. The molecule has 64 heavy (non-hydrogen) atoms. The number of nitrogens with two attached hydrogens (primary N) is 3. The van der Waals surface area contributed by atoms with Gasteiger partial charge in [-0.1, -0.05) is 38.1 Å². The number of pyridine rings is 4. The summed E-state index contributed by atoms with van der Waals surface area (Å²) in [6.07, 6.45) is 6.61. The summed E-state index contributed by atoms with van der Waals surface area (Å²) in [4.78, 5) is 40.6.